The SMILES string of the molecule is CCOC(=O)C1C(=O)C2CC3CCCC(C2)N31.Cl. The lowest BCUT2D eigenvalue weighted by molar-refractivity contribution is -0.170. The number of esters is 1. The van der Waals surface area contributed by atoms with Gasteiger partial charge in [-0.15, -0.1) is 12.4 Å². The van der Waals surface area contributed by atoms with Gasteiger partial charge in [-0.25, -0.2) is 4.79 Å². The number of ether oxygens (including phenoxy) is 1. The Morgan fingerprint density at radius 3 is 2.50 bits per heavy atom. The number of nitrogens with zero attached hydrogens (tertiary/aromatic N) is 1. The molecule has 0 aromatic heterocycles. The number of fused-ring (bicyclic) bond motifs is 1. The van der Waals surface area contributed by atoms with Crippen LogP contribution in [0.25, 0.3) is 0 Å². The third-order valence-electron chi connectivity index (χ3n) is 4.51. The first-order chi connectivity index (χ1) is 8.22. The zero-order chi connectivity index (χ0) is 12.0. The van der Waals surface area contributed by atoms with Crippen LogP contribution in [0, 0.1) is 5.92 Å². The molecule has 0 aromatic carbocycles. The molecular formula is C13H20ClNO3. The first kappa shape index (κ1) is 13.8. The van der Waals surface area contributed by atoms with E-state index in [1.807, 2.05) is 0 Å². The lowest BCUT2D eigenvalue weighted by Crippen LogP contribution is -2.68. The zero-order valence-corrected chi connectivity index (χ0v) is 11.4. The maximum Gasteiger partial charge on any atom is 0.331 e. The minimum absolute atomic E-state index is 0. The van der Waals surface area contributed by atoms with Gasteiger partial charge in [-0.2, -0.15) is 0 Å². The topological polar surface area (TPSA) is 46.6 Å². The Kier molecular flexibility index (Phi) is 3.97. The molecule has 4 nitrogen and oxygen atoms in total. The van der Waals surface area contributed by atoms with Gasteiger partial charge >= 0.3 is 5.97 Å². The normalized spacial score (nSPS) is 41.2. The molecule has 102 valence electrons. The fourth-order valence-corrected chi connectivity index (χ4v) is 3.90. The second-order valence-corrected chi connectivity index (χ2v) is 5.41. The lowest BCUT2D eigenvalue weighted by Gasteiger charge is -2.55. The average molecular weight is 274 g/mol. The highest BCUT2D eigenvalue weighted by atomic mass is 35.5. The Hall–Kier alpha value is -0.610. The van der Waals surface area contributed by atoms with E-state index in [1.54, 1.807) is 6.92 Å². The van der Waals surface area contributed by atoms with Gasteiger partial charge in [0.1, 0.15) is 0 Å². The molecule has 0 aliphatic carbocycles. The van der Waals surface area contributed by atoms with E-state index in [2.05, 4.69) is 4.90 Å². The highest BCUT2D eigenvalue weighted by Crippen LogP contribution is 2.44. The Morgan fingerprint density at radius 2 is 1.94 bits per heavy atom. The van der Waals surface area contributed by atoms with Crippen molar-refractivity contribution >= 4 is 24.2 Å². The predicted molar refractivity (Wildman–Crippen MR) is 68.7 cm³/mol. The van der Waals surface area contributed by atoms with Crippen LogP contribution in [0.2, 0.25) is 0 Å². The molecule has 4 bridgehead atoms. The van der Waals surface area contributed by atoms with Gasteiger partial charge in [-0.05, 0) is 32.6 Å². The van der Waals surface area contributed by atoms with Gasteiger partial charge < -0.3 is 4.74 Å². The minimum atomic E-state index is -0.585. The number of carbonyl (C=O) groups excluding carboxylic acids is 2. The molecule has 0 N–H and O–H groups in total. The summed E-state index contributed by atoms with van der Waals surface area (Å²) in [6.07, 6.45) is 5.44. The molecule has 5 heteroatoms. The van der Waals surface area contributed by atoms with Gasteiger partial charge in [0.15, 0.2) is 11.8 Å². The number of piperidine rings is 4. The number of hydrogen-bond acceptors (Lipinski definition) is 4. The van der Waals surface area contributed by atoms with Crippen molar-refractivity contribution < 1.29 is 14.3 Å². The molecule has 0 radical (unpaired) electrons. The summed E-state index contributed by atoms with van der Waals surface area (Å²) in [7, 11) is 0. The van der Waals surface area contributed by atoms with Crippen molar-refractivity contribution in [2.45, 2.75) is 57.2 Å². The molecule has 4 aliphatic rings. The number of ketones is 1. The number of halogens is 1. The largest absolute Gasteiger partial charge is 0.464 e. The molecule has 0 spiro atoms. The van der Waals surface area contributed by atoms with Crippen molar-refractivity contribution in [2.75, 3.05) is 6.61 Å². The lowest BCUT2D eigenvalue weighted by atomic mass is 9.69. The van der Waals surface area contributed by atoms with E-state index in [9.17, 15) is 9.59 Å². The quantitative estimate of drug-likeness (QED) is 0.566. The van der Waals surface area contributed by atoms with E-state index in [4.69, 9.17) is 4.74 Å². The van der Waals surface area contributed by atoms with E-state index in [0.29, 0.717) is 18.7 Å². The number of carbonyl (C=O) groups is 2. The molecule has 4 heterocycles. The summed E-state index contributed by atoms with van der Waals surface area (Å²) >= 11 is 0. The molecule has 3 unspecified atom stereocenters. The van der Waals surface area contributed by atoms with Crippen LogP contribution in [0.1, 0.15) is 39.0 Å². The van der Waals surface area contributed by atoms with Gasteiger partial charge in [0.2, 0.25) is 0 Å². The third kappa shape index (κ3) is 1.95. The number of hydrogen-bond donors (Lipinski definition) is 0. The molecular weight excluding hydrogens is 254 g/mol. The van der Waals surface area contributed by atoms with E-state index in [0.717, 1.165) is 25.7 Å². The molecule has 4 aliphatic heterocycles. The summed E-state index contributed by atoms with van der Waals surface area (Å²) in [6.45, 7) is 2.15. The van der Waals surface area contributed by atoms with Crippen molar-refractivity contribution in [3.05, 3.63) is 0 Å². The van der Waals surface area contributed by atoms with Crippen LogP contribution in [0.15, 0.2) is 0 Å². The van der Waals surface area contributed by atoms with Crippen molar-refractivity contribution in [1.29, 1.82) is 0 Å². The average Bonchev–Trinajstić information content (AvgIpc) is 2.28. The zero-order valence-electron chi connectivity index (χ0n) is 10.6. The van der Waals surface area contributed by atoms with Crippen LogP contribution in [0.4, 0.5) is 0 Å². The molecule has 0 aromatic rings. The monoisotopic (exact) mass is 273 g/mol. The first-order valence-corrected chi connectivity index (χ1v) is 6.70. The van der Waals surface area contributed by atoms with Crippen molar-refractivity contribution in [2.24, 2.45) is 5.92 Å². The number of Topliss-reactive ketones (excluding diaryl/α,β-unsaturated/α-hetero) is 1. The molecule has 4 fully saturated rings. The maximum absolute atomic E-state index is 12.2. The smallest absolute Gasteiger partial charge is 0.331 e. The highest BCUT2D eigenvalue weighted by molar-refractivity contribution is 6.05. The summed E-state index contributed by atoms with van der Waals surface area (Å²) < 4.78 is 5.07. The fraction of sp³-hybridized carbons (Fsp3) is 0.846. The molecule has 4 rings (SSSR count). The maximum atomic E-state index is 12.2. The molecule has 18 heavy (non-hydrogen) atoms. The molecule has 0 amide bonds. The predicted octanol–water partition coefficient (Wildman–Crippen LogP) is 1.56. The number of rotatable bonds is 2. The van der Waals surface area contributed by atoms with Crippen LogP contribution < -0.4 is 0 Å². The summed E-state index contributed by atoms with van der Waals surface area (Å²) in [5.41, 5.74) is 0. The second-order valence-electron chi connectivity index (χ2n) is 5.41. The third-order valence-corrected chi connectivity index (χ3v) is 4.51. The van der Waals surface area contributed by atoms with E-state index in [1.165, 1.54) is 6.42 Å². The van der Waals surface area contributed by atoms with Crippen LogP contribution in [-0.4, -0.2) is 41.4 Å². The second kappa shape index (κ2) is 5.17. The summed E-state index contributed by atoms with van der Waals surface area (Å²) in [5, 5.41) is 0. The summed E-state index contributed by atoms with van der Waals surface area (Å²) in [5.74, 6) is -0.0960. The van der Waals surface area contributed by atoms with Crippen LogP contribution in [-0.2, 0) is 14.3 Å². The van der Waals surface area contributed by atoms with Gasteiger partial charge in [0, 0.05) is 18.0 Å². The molecule has 0 saturated carbocycles. The molecule has 3 atom stereocenters. The standard InChI is InChI=1S/C13H19NO3.ClH/c1-2-17-13(16)11-12(15)8-6-9-4-3-5-10(7-8)14(9)11;/h8-11H,2-7H2,1H3;1H. The minimum Gasteiger partial charge on any atom is -0.464 e. The van der Waals surface area contributed by atoms with Gasteiger partial charge in [-0.1, -0.05) is 6.42 Å². The van der Waals surface area contributed by atoms with Gasteiger partial charge in [0.05, 0.1) is 6.61 Å². The van der Waals surface area contributed by atoms with Crippen LogP contribution in [0.3, 0.4) is 0 Å². The Bertz CT molecular complexity index is 346. The Labute approximate surface area is 113 Å². The summed E-state index contributed by atoms with van der Waals surface area (Å²) in [6, 6.07) is 0.303. The first-order valence-electron chi connectivity index (χ1n) is 6.70. The van der Waals surface area contributed by atoms with Crippen molar-refractivity contribution in [1.82, 2.24) is 4.90 Å². The van der Waals surface area contributed by atoms with E-state index < -0.39 is 6.04 Å². The van der Waals surface area contributed by atoms with Gasteiger partial charge in [-0.3, -0.25) is 9.69 Å². The van der Waals surface area contributed by atoms with Crippen LogP contribution in [0.5, 0.6) is 0 Å². The van der Waals surface area contributed by atoms with E-state index >= 15 is 0 Å². The highest BCUT2D eigenvalue weighted by Gasteiger charge is 2.54. The van der Waals surface area contributed by atoms with Crippen molar-refractivity contribution in [3.8, 4) is 0 Å². The Balaban J connectivity index is 0.00000120. The Morgan fingerprint density at radius 1 is 1.33 bits per heavy atom. The fourth-order valence-electron chi connectivity index (χ4n) is 3.90. The van der Waals surface area contributed by atoms with Crippen LogP contribution >= 0.6 is 12.4 Å². The summed E-state index contributed by atoms with van der Waals surface area (Å²) in [4.78, 5) is 26.3. The van der Waals surface area contributed by atoms with E-state index in [-0.39, 0.29) is 30.1 Å². The van der Waals surface area contributed by atoms with Gasteiger partial charge in [0.25, 0.3) is 0 Å². The molecule has 4 saturated heterocycles. The van der Waals surface area contributed by atoms with Crippen molar-refractivity contribution in [3.63, 3.8) is 0 Å².